The molecule has 2 unspecified atom stereocenters. The zero-order valence-corrected chi connectivity index (χ0v) is 13.2. The molecule has 1 heterocycles. The van der Waals surface area contributed by atoms with Gasteiger partial charge in [-0.1, -0.05) is 18.2 Å². The zero-order valence-electron chi connectivity index (χ0n) is 13.2. The van der Waals surface area contributed by atoms with E-state index in [1.165, 1.54) is 6.07 Å². The summed E-state index contributed by atoms with van der Waals surface area (Å²) in [6, 6.07) is 6.77. The lowest BCUT2D eigenvalue weighted by Gasteiger charge is -2.37. The lowest BCUT2D eigenvalue weighted by Crippen LogP contribution is -2.48. The van der Waals surface area contributed by atoms with Crippen LogP contribution in [0.15, 0.2) is 24.3 Å². The number of aryl methyl sites for hydroxylation is 1. The number of carboxylic acids is 1. The van der Waals surface area contributed by atoms with Crippen molar-refractivity contribution in [3.05, 3.63) is 35.4 Å². The first kappa shape index (κ1) is 17.0. The Balaban J connectivity index is 2.01. The molecule has 1 aliphatic heterocycles. The molecular formula is C17H22N2O4. The first-order valence-electron chi connectivity index (χ1n) is 7.80. The Bertz CT molecular complexity index is 614. The summed E-state index contributed by atoms with van der Waals surface area (Å²) >= 11 is 0. The number of amides is 2. The van der Waals surface area contributed by atoms with E-state index in [4.69, 9.17) is 5.73 Å². The summed E-state index contributed by atoms with van der Waals surface area (Å²) in [6.07, 6.45) is 2.05. The number of rotatable bonds is 5. The predicted molar refractivity (Wildman–Crippen MR) is 84.8 cm³/mol. The maximum atomic E-state index is 12.5. The summed E-state index contributed by atoms with van der Waals surface area (Å²) in [5.41, 5.74) is 6.22. The largest absolute Gasteiger partial charge is 0.478 e. The Morgan fingerprint density at radius 1 is 1.26 bits per heavy atom. The first-order valence-corrected chi connectivity index (χ1v) is 7.80. The van der Waals surface area contributed by atoms with Gasteiger partial charge in [0.1, 0.15) is 0 Å². The van der Waals surface area contributed by atoms with Crippen molar-refractivity contribution >= 4 is 17.8 Å². The minimum atomic E-state index is -0.992. The van der Waals surface area contributed by atoms with Crippen LogP contribution in [0, 0.1) is 5.92 Å². The minimum Gasteiger partial charge on any atom is -0.478 e. The summed E-state index contributed by atoms with van der Waals surface area (Å²) in [6.45, 7) is 2.32. The Hall–Kier alpha value is -2.37. The van der Waals surface area contributed by atoms with Gasteiger partial charge in [-0.2, -0.15) is 0 Å². The normalized spacial score (nSPS) is 21.0. The molecule has 2 amide bonds. The quantitative estimate of drug-likeness (QED) is 0.857. The van der Waals surface area contributed by atoms with Gasteiger partial charge >= 0.3 is 5.97 Å². The number of nitrogens with two attached hydrogens (primary N) is 1. The highest BCUT2D eigenvalue weighted by Crippen LogP contribution is 2.23. The molecule has 3 N–H and O–H groups in total. The van der Waals surface area contributed by atoms with E-state index in [9.17, 15) is 19.5 Å². The van der Waals surface area contributed by atoms with Crippen LogP contribution in [0.1, 0.15) is 42.1 Å². The number of hydrogen-bond acceptors (Lipinski definition) is 3. The lowest BCUT2D eigenvalue weighted by atomic mass is 9.92. The van der Waals surface area contributed by atoms with Gasteiger partial charge in [0.2, 0.25) is 11.8 Å². The van der Waals surface area contributed by atoms with Crippen LogP contribution in [0.2, 0.25) is 0 Å². The van der Waals surface area contributed by atoms with E-state index in [0.717, 1.165) is 6.42 Å². The summed E-state index contributed by atoms with van der Waals surface area (Å²) in [4.78, 5) is 36.7. The fourth-order valence-corrected chi connectivity index (χ4v) is 3.02. The van der Waals surface area contributed by atoms with E-state index in [1.807, 2.05) is 6.92 Å². The van der Waals surface area contributed by atoms with Gasteiger partial charge in [0, 0.05) is 19.0 Å². The van der Waals surface area contributed by atoms with Crippen LogP contribution in [0.25, 0.3) is 0 Å². The number of carbonyl (C=O) groups is 3. The molecule has 0 radical (unpaired) electrons. The smallest absolute Gasteiger partial charge is 0.335 e. The van der Waals surface area contributed by atoms with Gasteiger partial charge < -0.3 is 15.7 Å². The van der Waals surface area contributed by atoms with Gasteiger partial charge in [-0.3, -0.25) is 9.59 Å². The van der Waals surface area contributed by atoms with E-state index >= 15 is 0 Å². The van der Waals surface area contributed by atoms with E-state index in [-0.39, 0.29) is 35.8 Å². The molecule has 2 atom stereocenters. The highest BCUT2D eigenvalue weighted by Gasteiger charge is 2.31. The Morgan fingerprint density at radius 3 is 2.61 bits per heavy atom. The van der Waals surface area contributed by atoms with Crippen LogP contribution in [0.3, 0.4) is 0 Å². The minimum absolute atomic E-state index is 0.0661. The highest BCUT2D eigenvalue weighted by atomic mass is 16.4. The number of carbonyl (C=O) groups excluding carboxylic acids is 2. The fraction of sp³-hybridized carbons (Fsp3) is 0.471. The molecule has 6 nitrogen and oxygen atoms in total. The number of hydrogen-bond donors (Lipinski definition) is 2. The number of likely N-dealkylation sites (tertiary alicyclic amines) is 1. The molecule has 0 spiro atoms. The Labute approximate surface area is 135 Å². The lowest BCUT2D eigenvalue weighted by molar-refractivity contribution is -0.137. The van der Waals surface area contributed by atoms with Crippen molar-refractivity contribution in [2.75, 3.05) is 6.54 Å². The van der Waals surface area contributed by atoms with Crippen LogP contribution in [-0.4, -0.2) is 40.4 Å². The second-order valence-electron chi connectivity index (χ2n) is 6.03. The molecule has 0 aliphatic carbocycles. The van der Waals surface area contributed by atoms with Crippen molar-refractivity contribution in [3.63, 3.8) is 0 Å². The van der Waals surface area contributed by atoms with Crippen molar-refractivity contribution in [3.8, 4) is 0 Å². The molecule has 23 heavy (non-hydrogen) atoms. The van der Waals surface area contributed by atoms with Crippen molar-refractivity contribution in [1.82, 2.24) is 4.90 Å². The molecule has 2 rings (SSSR count). The van der Waals surface area contributed by atoms with Gasteiger partial charge in [-0.05, 0) is 37.8 Å². The van der Waals surface area contributed by atoms with E-state index in [2.05, 4.69) is 0 Å². The molecule has 1 saturated heterocycles. The number of aromatic carboxylic acids is 1. The summed E-state index contributed by atoms with van der Waals surface area (Å²) in [5, 5.41) is 9.17. The van der Waals surface area contributed by atoms with Crippen molar-refractivity contribution in [2.24, 2.45) is 11.7 Å². The molecule has 0 aromatic heterocycles. The van der Waals surface area contributed by atoms with Crippen LogP contribution in [0.4, 0.5) is 0 Å². The number of piperidine rings is 1. The van der Waals surface area contributed by atoms with Crippen molar-refractivity contribution in [1.29, 1.82) is 0 Å². The number of benzene rings is 1. The zero-order chi connectivity index (χ0) is 17.0. The molecular weight excluding hydrogens is 296 g/mol. The fourth-order valence-electron chi connectivity index (χ4n) is 3.02. The van der Waals surface area contributed by atoms with Gasteiger partial charge in [0.05, 0.1) is 11.5 Å². The SMILES string of the molecule is CC1CCC(C(N)=O)CN1C(=O)CCc1ccccc1C(=O)O. The molecule has 124 valence electrons. The van der Waals surface area contributed by atoms with Crippen molar-refractivity contribution in [2.45, 2.75) is 38.6 Å². The number of nitrogens with zero attached hydrogens (tertiary/aromatic N) is 1. The van der Waals surface area contributed by atoms with Gasteiger partial charge in [-0.15, -0.1) is 0 Å². The molecule has 0 bridgehead atoms. The Kier molecular flexibility index (Phi) is 5.36. The van der Waals surface area contributed by atoms with Gasteiger partial charge in [0.15, 0.2) is 0 Å². The van der Waals surface area contributed by atoms with Crippen LogP contribution in [-0.2, 0) is 16.0 Å². The van der Waals surface area contributed by atoms with Crippen LogP contribution >= 0.6 is 0 Å². The van der Waals surface area contributed by atoms with Crippen molar-refractivity contribution < 1.29 is 19.5 Å². The number of primary amides is 1. The molecule has 0 saturated carbocycles. The average Bonchev–Trinajstić information content (AvgIpc) is 2.53. The second kappa shape index (κ2) is 7.26. The predicted octanol–water partition coefficient (Wildman–Crippen LogP) is 1.43. The van der Waals surface area contributed by atoms with E-state index in [1.54, 1.807) is 23.1 Å². The third-order valence-electron chi connectivity index (χ3n) is 4.46. The molecule has 1 aromatic carbocycles. The molecule has 1 aliphatic rings. The van der Waals surface area contributed by atoms with Crippen LogP contribution in [0.5, 0.6) is 0 Å². The summed E-state index contributed by atoms with van der Waals surface area (Å²) in [5.74, 6) is -1.72. The maximum absolute atomic E-state index is 12.5. The molecule has 1 fully saturated rings. The standard InChI is InChI=1S/C17H22N2O4/c1-11-6-7-13(16(18)21)10-19(11)15(20)9-8-12-4-2-3-5-14(12)17(22)23/h2-5,11,13H,6-10H2,1H3,(H2,18,21)(H,22,23). The third-order valence-corrected chi connectivity index (χ3v) is 4.46. The number of carboxylic acid groups (broad SMARTS) is 1. The monoisotopic (exact) mass is 318 g/mol. The molecule has 1 aromatic rings. The highest BCUT2D eigenvalue weighted by molar-refractivity contribution is 5.89. The van der Waals surface area contributed by atoms with E-state index in [0.29, 0.717) is 24.9 Å². The summed E-state index contributed by atoms with van der Waals surface area (Å²) in [7, 11) is 0. The van der Waals surface area contributed by atoms with E-state index < -0.39 is 5.97 Å². The van der Waals surface area contributed by atoms with Gasteiger partial charge in [0.25, 0.3) is 0 Å². The molecule has 6 heteroatoms. The topological polar surface area (TPSA) is 101 Å². The third kappa shape index (κ3) is 4.09. The summed E-state index contributed by atoms with van der Waals surface area (Å²) < 4.78 is 0. The maximum Gasteiger partial charge on any atom is 0.335 e. The Morgan fingerprint density at radius 2 is 1.96 bits per heavy atom. The van der Waals surface area contributed by atoms with Crippen LogP contribution < -0.4 is 5.73 Å². The second-order valence-corrected chi connectivity index (χ2v) is 6.03. The average molecular weight is 318 g/mol. The first-order chi connectivity index (χ1) is 10.9. The van der Waals surface area contributed by atoms with Gasteiger partial charge in [-0.25, -0.2) is 4.79 Å².